The molecule has 2 rings (SSSR count). The third-order valence-electron chi connectivity index (χ3n) is 5.48. The van der Waals surface area contributed by atoms with Crippen molar-refractivity contribution in [2.24, 2.45) is 5.73 Å². The van der Waals surface area contributed by atoms with Crippen LogP contribution in [-0.4, -0.2) is 55.2 Å². The number of anilines is 1. The van der Waals surface area contributed by atoms with Crippen LogP contribution >= 0.6 is 0 Å². The monoisotopic (exact) mass is 387 g/mol. The predicted molar refractivity (Wildman–Crippen MR) is 117 cm³/mol. The number of likely N-dealkylation sites (N-methyl/N-ethyl adjacent to an activating group) is 2. The van der Waals surface area contributed by atoms with E-state index in [-0.39, 0.29) is 6.10 Å². The second kappa shape index (κ2) is 11.4. The van der Waals surface area contributed by atoms with Gasteiger partial charge in [0.05, 0.1) is 6.10 Å². The molecule has 5 nitrogen and oxygen atoms in total. The normalized spacial score (nSPS) is 17.3. The third kappa shape index (κ3) is 7.06. The molecule has 1 aromatic rings. The fourth-order valence-electron chi connectivity index (χ4n) is 3.67. The van der Waals surface area contributed by atoms with Crippen molar-refractivity contribution in [3.8, 4) is 0 Å². The van der Waals surface area contributed by atoms with Gasteiger partial charge in [-0.15, -0.1) is 0 Å². The highest BCUT2D eigenvalue weighted by Crippen LogP contribution is 2.22. The molecule has 0 saturated carbocycles. The van der Waals surface area contributed by atoms with Crippen molar-refractivity contribution >= 4 is 5.69 Å². The maximum atomic E-state index is 9.57. The summed E-state index contributed by atoms with van der Waals surface area (Å²) in [5.41, 5.74) is 9.15. The Bertz CT molecular complexity index is 640. The van der Waals surface area contributed by atoms with Crippen LogP contribution in [0.5, 0.6) is 0 Å². The molecule has 0 radical (unpaired) electrons. The van der Waals surface area contributed by atoms with Gasteiger partial charge < -0.3 is 14.7 Å². The van der Waals surface area contributed by atoms with Crippen LogP contribution in [0, 0.1) is 6.92 Å². The number of rotatable bonds is 11. The quantitative estimate of drug-likeness (QED) is 0.570. The molecule has 0 amide bonds. The summed E-state index contributed by atoms with van der Waals surface area (Å²) in [5, 5.41) is 9.57. The molecule has 1 aromatic carbocycles. The summed E-state index contributed by atoms with van der Waals surface area (Å²) < 4.78 is 5.64. The smallest absolute Gasteiger partial charge is 0.211 e. The molecule has 0 fully saturated rings. The summed E-state index contributed by atoms with van der Waals surface area (Å²) in [5.74, 6) is 0. The zero-order valence-corrected chi connectivity index (χ0v) is 17.8. The molecule has 0 aromatic heterocycles. The Morgan fingerprint density at radius 1 is 1.18 bits per heavy atom. The first-order valence-electron chi connectivity index (χ1n) is 10.4. The maximum Gasteiger partial charge on any atom is 0.211 e. The number of allylic oxidation sites excluding steroid dienone is 2. The first-order valence-corrected chi connectivity index (χ1v) is 10.4. The molecule has 5 heteroatoms. The van der Waals surface area contributed by atoms with E-state index in [9.17, 15) is 5.11 Å². The molecular weight excluding hydrogens is 350 g/mol. The van der Waals surface area contributed by atoms with E-state index in [1.54, 1.807) is 0 Å². The van der Waals surface area contributed by atoms with Gasteiger partial charge in [0, 0.05) is 31.9 Å². The summed E-state index contributed by atoms with van der Waals surface area (Å²) in [4.78, 5) is 4.75. The lowest BCUT2D eigenvalue weighted by atomic mass is 9.97. The molecule has 0 aliphatic heterocycles. The molecule has 3 atom stereocenters. The average Bonchev–Trinajstić information content (AvgIpc) is 2.68. The van der Waals surface area contributed by atoms with Gasteiger partial charge in [-0.3, -0.25) is 10.6 Å². The molecule has 156 valence electrons. The molecule has 3 N–H and O–H groups in total. The second-order valence-electron chi connectivity index (χ2n) is 7.67. The van der Waals surface area contributed by atoms with E-state index in [0.29, 0.717) is 6.04 Å². The number of nitrogens with zero attached hydrogens (tertiary/aromatic N) is 2. The van der Waals surface area contributed by atoms with Crippen molar-refractivity contribution in [1.29, 1.82) is 0 Å². The topological polar surface area (TPSA) is 62.0 Å². The molecule has 0 bridgehead atoms. The van der Waals surface area contributed by atoms with Crippen LogP contribution in [0.25, 0.3) is 0 Å². The summed E-state index contributed by atoms with van der Waals surface area (Å²) in [6.45, 7) is 9.41. The van der Waals surface area contributed by atoms with Gasteiger partial charge in [0.15, 0.2) is 0 Å². The minimum atomic E-state index is -1.25. The van der Waals surface area contributed by atoms with Crippen LogP contribution in [0.3, 0.4) is 0 Å². The second-order valence-corrected chi connectivity index (χ2v) is 7.67. The molecule has 1 aliphatic rings. The number of hydrogen-bond donors (Lipinski definition) is 2. The summed E-state index contributed by atoms with van der Waals surface area (Å²) >= 11 is 0. The van der Waals surface area contributed by atoms with E-state index < -0.39 is 6.41 Å². The molecule has 28 heavy (non-hydrogen) atoms. The van der Waals surface area contributed by atoms with Crippen molar-refractivity contribution in [3.63, 3.8) is 0 Å². The summed E-state index contributed by atoms with van der Waals surface area (Å²) in [6.07, 6.45) is 7.89. The van der Waals surface area contributed by atoms with Gasteiger partial charge in [0.1, 0.15) is 0 Å². The van der Waals surface area contributed by atoms with Gasteiger partial charge in [0.2, 0.25) is 6.41 Å². The number of hydrogen-bond acceptors (Lipinski definition) is 5. The number of aryl methyl sites for hydroxylation is 1. The van der Waals surface area contributed by atoms with Crippen molar-refractivity contribution < 1.29 is 9.84 Å². The Balaban J connectivity index is 1.94. The zero-order valence-electron chi connectivity index (χ0n) is 17.8. The summed E-state index contributed by atoms with van der Waals surface area (Å²) in [7, 11) is 2.14. The fourth-order valence-corrected chi connectivity index (χ4v) is 3.67. The summed E-state index contributed by atoms with van der Waals surface area (Å²) in [6, 6.07) is 8.96. The first-order chi connectivity index (χ1) is 13.4. The Hall–Kier alpha value is -1.66. The Morgan fingerprint density at radius 2 is 1.89 bits per heavy atom. The molecule has 1 aliphatic carbocycles. The lowest BCUT2D eigenvalue weighted by Gasteiger charge is -2.33. The standard InChI is InChI=1S/C23H37N3O2/c1-5-26(16-15-25(4)21-13-11-18(2)12-14-21)19(3)17-22(28-23(24)27)20-9-7-6-8-10-20/h7,9-14,19,22-23,27H,5-6,8,15-17,24H2,1-4H3. The Morgan fingerprint density at radius 3 is 2.46 bits per heavy atom. The SMILES string of the molecule is CCN(CCN(C)c1ccc(C)cc1)C(C)CC(OC(N)O)C1=CCCC=C1. The van der Waals surface area contributed by atoms with Crippen LogP contribution in [-0.2, 0) is 4.74 Å². The van der Waals surface area contributed by atoms with Gasteiger partial charge in [-0.1, -0.05) is 42.8 Å². The minimum absolute atomic E-state index is 0.185. The number of nitrogens with two attached hydrogens (primary N) is 1. The van der Waals surface area contributed by atoms with E-state index >= 15 is 0 Å². The molecule has 0 spiro atoms. The van der Waals surface area contributed by atoms with E-state index in [4.69, 9.17) is 10.5 Å². The number of benzene rings is 1. The van der Waals surface area contributed by atoms with Gasteiger partial charge >= 0.3 is 0 Å². The maximum absolute atomic E-state index is 9.57. The largest absolute Gasteiger partial charge is 0.373 e. The third-order valence-corrected chi connectivity index (χ3v) is 5.48. The lowest BCUT2D eigenvalue weighted by Crippen LogP contribution is -2.42. The highest BCUT2D eigenvalue weighted by molar-refractivity contribution is 5.46. The highest BCUT2D eigenvalue weighted by Gasteiger charge is 2.23. The lowest BCUT2D eigenvalue weighted by molar-refractivity contribution is -0.125. The van der Waals surface area contributed by atoms with E-state index in [0.717, 1.165) is 44.5 Å². The van der Waals surface area contributed by atoms with Crippen LogP contribution in [0.4, 0.5) is 5.69 Å². The van der Waals surface area contributed by atoms with E-state index in [1.807, 2.05) is 0 Å². The molecular formula is C23H37N3O2. The van der Waals surface area contributed by atoms with Gasteiger partial charge in [0.25, 0.3) is 0 Å². The average molecular weight is 388 g/mol. The van der Waals surface area contributed by atoms with Gasteiger partial charge in [-0.05, 0) is 57.4 Å². The zero-order chi connectivity index (χ0) is 20.5. The molecule has 0 heterocycles. The van der Waals surface area contributed by atoms with E-state index in [1.165, 1.54) is 11.3 Å². The van der Waals surface area contributed by atoms with Crippen molar-refractivity contribution in [2.75, 3.05) is 31.6 Å². The predicted octanol–water partition coefficient (Wildman–Crippen LogP) is 3.43. The Labute approximate surface area is 170 Å². The van der Waals surface area contributed by atoms with Gasteiger partial charge in [-0.2, -0.15) is 0 Å². The molecule has 0 saturated heterocycles. The first kappa shape index (κ1) is 22.6. The number of aliphatic hydroxyl groups excluding tert-OH is 1. The molecule has 3 unspecified atom stereocenters. The number of ether oxygens (including phenoxy) is 1. The van der Waals surface area contributed by atoms with Crippen LogP contribution in [0.2, 0.25) is 0 Å². The highest BCUT2D eigenvalue weighted by atomic mass is 16.6. The van der Waals surface area contributed by atoms with Crippen LogP contribution in [0.1, 0.15) is 38.7 Å². The van der Waals surface area contributed by atoms with Crippen molar-refractivity contribution in [3.05, 3.63) is 53.6 Å². The van der Waals surface area contributed by atoms with E-state index in [2.05, 4.69) is 80.1 Å². The van der Waals surface area contributed by atoms with Crippen LogP contribution in [0.15, 0.2) is 48.1 Å². The van der Waals surface area contributed by atoms with Gasteiger partial charge in [-0.25, -0.2) is 0 Å². The fraction of sp³-hybridized carbons (Fsp3) is 0.565. The number of aliphatic hydroxyl groups is 1. The van der Waals surface area contributed by atoms with Crippen molar-refractivity contribution in [2.45, 2.75) is 58.6 Å². The van der Waals surface area contributed by atoms with Crippen LogP contribution < -0.4 is 10.6 Å². The Kier molecular flexibility index (Phi) is 9.19. The van der Waals surface area contributed by atoms with Crippen molar-refractivity contribution in [1.82, 2.24) is 4.90 Å². The minimum Gasteiger partial charge on any atom is -0.373 e.